The Morgan fingerprint density at radius 2 is 2.27 bits per heavy atom. The molecule has 0 aromatic carbocycles. The van der Waals surface area contributed by atoms with E-state index in [9.17, 15) is 0 Å². The van der Waals surface area contributed by atoms with Gasteiger partial charge in [0.05, 0.1) is 14.2 Å². The van der Waals surface area contributed by atoms with Gasteiger partial charge in [0.2, 0.25) is 0 Å². The van der Waals surface area contributed by atoms with Crippen molar-refractivity contribution in [3.05, 3.63) is 20.8 Å². The van der Waals surface area contributed by atoms with E-state index in [0.29, 0.717) is 4.83 Å². The zero-order valence-electron chi connectivity index (χ0n) is 8.63. The predicted octanol–water partition coefficient (Wildman–Crippen LogP) is 4.91. The topological polar surface area (TPSA) is 9.23 Å². The fraction of sp³-hybridized carbons (Fsp3) is 0.636. The van der Waals surface area contributed by atoms with Crippen molar-refractivity contribution < 1.29 is 4.74 Å². The average Bonchev–Trinajstić information content (AvgIpc) is 2.58. The normalized spacial score (nSPS) is 21.0. The van der Waals surface area contributed by atoms with Gasteiger partial charge in [0.1, 0.15) is 0 Å². The van der Waals surface area contributed by atoms with Gasteiger partial charge in [-0.25, -0.2) is 0 Å². The number of methoxy groups -OCH3 is 1. The van der Waals surface area contributed by atoms with Crippen LogP contribution >= 0.6 is 43.2 Å². The fourth-order valence-electron chi connectivity index (χ4n) is 1.99. The van der Waals surface area contributed by atoms with Crippen molar-refractivity contribution in [3.63, 3.8) is 0 Å². The summed E-state index contributed by atoms with van der Waals surface area (Å²) in [5.41, 5.74) is 0.143. The minimum Gasteiger partial charge on any atom is -0.378 e. The molecule has 1 unspecified atom stereocenters. The van der Waals surface area contributed by atoms with Crippen molar-refractivity contribution in [2.24, 2.45) is 0 Å². The van der Waals surface area contributed by atoms with Gasteiger partial charge in [-0.15, -0.1) is 11.3 Å². The molecule has 1 saturated carbocycles. The molecule has 1 aromatic rings. The van der Waals surface area contributed by atoms with E-state index in [4.69, 9.17) is 4.74 Å². The molecular formula is C11H14Br2OS. The minimum atomic E-state index is 0.143. The molecule has 15 heavy (non-hydrogen) atoms. The van der Waals surface area contributed by atoms with Gasteiger partial charge >= 0.3 is 0 Å². The lowest BCUT2D eigenvalue weighted by atomic mass is 9.76. The molecule has 1 aromatic heterocycles. The van der Waals surface area contributed by atoms with Crippen LogP contribution in [0, 0.1) is 0 Å². The van der Waals surface area contributed by atoms with Crippen molar-refractivity contribution in [1.29, 1.82) is 0 Å². The van der Waals surface area contributed by atoms with Gasteiger partial charge in [0, 0.05) is 12.0 Å². The molecule has 84 valence electrons. The minimum absolute atomic E-state index is 0.143. The van der Waals surface area contributed by atoms with Gasteiger partial charge in [-0.2, -0.15) is 0 Å². The molecule has 1 fully saturated rings. The van der Waals surface area contributed by atoms with Crippen LogP contribution in [-0.2, 0) is 4.74 Å². The van der Waals surface area contributed by atoms with Gasteiger partial charge in [-0.3, -0.25) is 0 Å². The van der Waals surface area contributed by atoms with E-state index in [1.54, 1.807) is 11.3 Å². The van der Waals surface area contributed by atoms with Crippen molar-refractivity contribution in [1.82, 2.24) is 0 Å². The number of rotatable bonds is 4. The van der Waals surface area contributed by atoms with Crippen LogP contribution in [0.4, 0.5) is 0 Å². The SMILES string of the molecule is COC1(CC(Br)c2ccc(Br)s2)CCC1. The fourth-order valence-corrected chi connectivity index (χ4v) is 4.41. The van der Waals surface area contributed by atoms with Crippen LogP contribution in [0.15, 0.2) is 15.9 Å². The predicted molar refractivity (Wildman–Crippen MR) is 71.9 cm³/mol. The largest absolute Gasteiger partial charge is 0.378 e. The van der Waals surface area contributed by atoms with Crippen LogP contribution < -0.4 is 0 Å². The third-order valence-electron chi connectivity index (χ3n) is 3.15. The summed E-state index contributed by atoms with van der Waals surface area (Å²) in [5.74, 6) is 0. The number of ether oxygens (including phenoxy) is 1. The van der Waals surface area contributed by atoms with Gasteiger partial charge < -0.3 is 4.74 Å². The molecule has 0 spiro atoms. The lowest BCUT2D eigenvalue weighted by Gasteiger charge is -2.41. The number of hydrogen-bond donors (Lipinski definition) is 0. The van der Waals surface area contributed by atoms with Crippen LogP contribution in [0.2, 0.25) is 0 Å². The standard InChI is InChI=1S/C11H14Br2OS/c1-14-11(5-2-6-11)7-8(12)9-3-4-10(13)15-9/h3-4,8H,2,5-7H2,1H3. The Kier molecular flexibility index (Phi) is 3.92. The van der Waals surface area contributed by atoms with E-state index in [2.05, 4.69) is 44.0 Å². The van der Waals surface area contributed by atoms with Crippen molar-refractivity contribution in [2.75, 3.05) is 7.11 Å². The van der Waals surface area contributed by atoms with E-state index in [1.807, 2.05) is 7.11 Å². The average molecular weight is 354 g/mol. The third-order valence-corrected chi connectivity index (χ3v) is 6.01. The molecule has 2 rings (SSSR count). The number of thiophene rings is 1. The molecule has 1 heterocycles. The highest BCUT2D eigenvalue weighted by atomic mass is 79.9. The molecule has 1 atom stereocenters. The second kappa shape index (κ2) is 4.86. The summed E-state index contributed by atoms with van der Waals surface area (Å²) in [4.78, 5) is 1.80. The highest BCUT2D eigenvalue weighted by molar-refractivity contribution is 9.11. The Morgan fingerprint density at radius 1 is 1.53 bits per heavy atom. The van der Waals surface area contributed by atoms with E-state index < -0.39 is 0 Å². The second-order valence-corrected chi connectivity index (χ2v) is 7.65. The lowest BCUT2D eigenvalue weighted by molar-refractivity contribution is -0.0772. The maximum absolute atomic E-state index is 5.64. The molecule has 0 radical (unpaired) electrons. The van der Waals surface area contributed by atoms with Crippen molar-refractivity contribution in [3.8, 4) is 0 Å². The van der Waals surface area contributed by atoms with Crippen LogP contribution in [0.5, 0.6) is 0 Å². The smallest absolute Gasteiger partial charge is 0.0701 e. The zero-order valence-corrected chi connectivity index (χ0v) is 12.6. The number of alkyl halides is 1. The molecule has 4 heteroatoms. The Balaban J connectivity index is 1.99. The molecule has 0 aliphatic heterocycles. The van der Waals surface area contributed by atoms with Crippen LogP contribution in [0.1, 0.15) is 35.4 Å². The van der Waals surface area contributed by atoms with Gasteiger partial charge in [-0.1, -0.05) is 15.9 Å². The van der Waals surface area contributed by atoms with E-state index in [0.717, 1.165) is 6.42 Å². The summed E-state index contributed by atoms with van der Waals surface area (Å²) in [5, 5.41) is 0. The Morgan fingerprint density at radius 3 is 2.67 bits per heavy atom. The monoisotopic (exact) mass is 352 g/mol. The first-order valence-electron chi connectivity index (χ1n) is 5.10. The van der Waals surface area contributed by atoms with Crippen LogP contribution in [0.3, 0.4) is 0 Å². The molecule has 0 N–H and O–H groups in total. The third kappa shape index (κ3) is 2.65. The van der Waals surface area contributed by atoms with Crippen LogP contribution in [-0.4, -0.2) is 12.7 Å². The Bertz CT molecular complexity index is 328. The van der Waals surface area contributed by atoms with Crippen LogP contribution in [0.25, 0.3) is 0 Å². The molecule has 0 amide bonds. The first-order valence-corrected chi connectivity index (χ1v) is 7.62. The molecule has 0 bridgehead atoms. The van der Waals surface area contributed by atoms with Gasteiger partial charge in [0.25, 0.3) is 0 Å². The first-order chi connectivity index (χ1) is 7.15. The molecular weight excluding hydrogens is 340 g/mol. The first kappa shape index (κ1) is 12.1. The van der Waals surface area contributed by atoms with E-state index in [1.165, 1.54) is 27.9 Å². The summed E-state index contributed by atoms with van der Waals surface area (Å²) in [6.45, 7) is 0. The highest BCUT2D eigenvalue weighted by Crippen LogP contribution is 2.46. The lowest BCUT2D eigenvalue weighted by Crippen LogP contribution is -2.39. The van der Waals surface area contributed by atoms with Gasteiger partial charge in [0.15, 0.2) is 0 Å². The maximum Gasteiger partial charge on any atom is 0.0701 e. The number of hydrogen-bond acceptors (Lipinski definition) is 2. The summed E-state index contributed by atoms with van der Waals surface area (Å²) in [7, 11) is 1.84. The molecule has 1 aliphatic rings. The summed E-state index contributed by atoms with van der Waals surface area (Å²) >= 11 is 9.05. The molecule has 1 nitrogen and oxygen atoms in total. The molecule has 0 saturated heterocycles. The maximum atomic E-state index is 5.64. The van der Waals surface area contributed by atoms with Gasteiger partial charge in [-0.05, 0) is 53.7 Å². The van der Waals surface area contributed by atoms with E-state index in [-0.39, 0.29) is 5.60 Å². The second-order valence-electron chi connectivity index (χ2n) is 4.05. The zero-order chi connectivity index (χ0) is 10.9. The number of halogens is 2. The quantitative estimate of drug-likeness (QED) is 0.699. The summed E-state index contributed by atoms with van der Waals surface area (Å²) in [6, 6.07) is 4.28. The summed E-state index contributed by atoms with van der Waals surface area (Å²) < 4.78 is 6.83. The van der Waals surface area contributed by atoms with Crippen molar-refractivity contribution >= 4 is 43.2 Å². The Hall–Kier alpha value is 0.620. The summed E-state index contributed by atoms with van der Waals surface area (Å²) in [6.07, 6.45) is 4.80. The van der Waals surface area contributed by atoms with E-state index >= 15 is 0 Å². The molecule has 1 aliphatic carbocycles. The highest BCUT2D eigenvalue weighted by Gasteiger charge is 2.38. The van der Waals surface area contributed by atoms with Crippen molar-refractivity contribution in [2.45, 2.75) is 36.1 Å². The Labute approximate surface area is 111 Å².